The third-order valence-corrected chi connectivity index (χ3v) is 3.34. The van der Waals surface area contributed by atoms with E-state index in [1.165, 1.54) is 0 Å². The number of hydrogen-bond donors (Lipinski definition) is 1. The van der Waals surface area contributed by atoms with E-state index in [1.807, 2.05) is 13.0 Å². The highest BCUT2D eigenvalue weighted by atomic mass is 35.5. The van der Waals surface area contributed by atoms with Crippen LogP contribution in [-0.4, -0.2) is 17.3 Å². The third-order valence-electron chi connectivity index (χ3n) is 2.47. The van der Waals surface area contributed by atoms with E-state index in [2.05, 4.69) is 15.5 Å². The van der Waals surface area contributed by atoms with Crippen LogP contribution in [0, 0.1) is 6.92 Å². The number of halogens is 3. The lowest BCUT2D eigenvalue weighted by molar-refractivity contribution is 0.417. The summed E-state index contributed by atoms with van der Waals surface area (Å²) in [6, 6.07) is 5.16. The van der Waals surface area contributed by atoms with Crippen molar-refractivity contribution < 1.29 is 4.74 Å². The number of ether oxygens (including phenoxy) is 1. The minimum atomic E-state index is 0.221. The second-order valence-corrected chi connectivity index (χ2v) is 4.95. The van der Waals surface area contributed by atoms with Crippen LogP contribution in [-0.2, 0) is 0 Å². The van der Waals surface area contributed by atoms with Gasteiger partial charge in [0.2, 0.25) is 0 Å². The van der Waals surface area contributed by atoms with Gasteiger partial charge in [-0.1, -0.05) is 34.8 Å². The van der Waals surface area contributed by atoms with Crippen LogP contribution in [0.3, 0.4) is 0 Å². The van der Waals surface area contributed by atoms with E-state index < -0.39 is 0 Å². The van der Waals surface area contributed by atoms with Crippen molar-refractivity contribution in [2.45, 2.75) is 6.92 Å². The topological polar surface area (TPSA) is 47.0 Å². The van der Waals surface area contributed by atoms with Crippen LogP contribution < -0.4 is 10.1 Å². The SMILES string of the molecule is COc1cc(Cl)c(C)cc1Nc1cc(Cl)nnc1Cl. The molecule has 0 aliphatic heterocycles. The molecule has 0 aliphatic rings. The minimum Gasteiger partial charge on any atom is -0.495 e. The highest BCUT2D eigenvalue weighted by Gasteiger charge is 2.10. The van der Waals surface area contributed by atoms with Crippen LogP contribution in [0.5, 0.6) is 5.75 Å². The van der Waals surface area contributed by atoms with Crippen molar-refractivity contribution in [2.24, 2.45) is 0 Å². The summed E-state index contributed by atoms with van der Waals surface area (Å²) >= 11 is 17.8. The molecule has 0 saturated carbocycles. The predicted molar refractivity (Wildman–Crippen MR) is 78.1 cm³/mol. The van der Waals surface area contributed by atoms with Crippen molar-refractivity contribution in [1.29, 1.82) is 0 Å². The van der Waals surface area contributed by atoms with Crippen LogP contribution >= 0.6 is 34.8 Å². The molecule has 0 aliphatic carbocycles. The Bertz CT molecular complexity index is 619. The Balaban J connectivity index is 2.42. The molecule has 100 valence electrons. The molecule has 1 heterocycles. The maximum absolute atomic E-state index is 6.05. The molecular formula is C12H10Cl3N3O. The van der Waals surface area contributed by atoms with E-state index in [1.54, 1.807) is 19.2 Å². The van der Waals surface area contributed by atoms with Crippen molar-refractivity contribution in [2.75, 3.05) is 12.4 Å². The second kappa shape index (κ2) is 5.82. The summed E-state index contributed by atoms with van der Waals surface area (Å²) in [6.45, 7) is 1.90. The molecule has 0 fully saturated rings. The summed E-state index contributed by atoms with van der Waals surface area (Å²) < 4.78 is 5.26. The van der Waals surface area contributed by atoms with Gasteiger partial charge in [0.05, 0.1) is 18.5 Å². The van der Waals surface area contributed by atoms with Gasteiger partial charge in [0.25, 0.3) is 0 Å². The average Bonchev–Trinajstić information content (AvgIpc) is 2.38. The Hall–Kier alpha value is -1.23. The minimum absolute atomic E-state index is 0.221. The van der Waals surface area contributed by atoms with E-state index in [-0.39, 0.29) is 10.3 Å². The second-order valence-electron chi connectivity index (χ2n) is 3.80. The van der Waals surface area contributed by atoms with Gasteiger partial charge in [0.1, 0.15) is 5.75 Å². The molecule has 19 heavy (non-hydrogen) atoms. The fraction of sp³-hybridized carbons (Fsp3) is 0.167. The van der Waals surface area contributed by atoms with Gasteiger partial charge in [0, 0.05) is 17.2 Å². The summed E-state index contributed by atoms with van der Waals surface area (Å²) in [5, 5.41) is 11.6. The number of rotatable bonds is 3. The van der Waals surface area contributed by atoms with E-state index in [0.29, 0.717) is 16.5 Å². The first kappa shape index (κ1) is 14.2. The molecule has 0 bridgehead atoms. The first-order chi connectivity index (χ1) is 9.01. The molecule has 0 amide bonds. The normalized spacial score (nSPS) is 10.4. The summed E-state index contributed by atoms with van der Waals surface area (Å²) in [5.74, 6) is 0.597. The van der Waals surface area contributed by atoms with Crippen LogP contribution in [0.15, 0.2) is 18.2 Å². The van der Waals surface area contributed by atoms with Gasteiger partial charge in [-0.25, -0.2) is 0 Å². The molecule has 2 aromatic rings. The fourth-order valence-corrected chi connectivity index (χ4v) is 1.96. The number of hydrogen-bond acceptors (Lipinski definition) is 4. The number of anilines is 2. The molecule has 1 aromatic heterocycles. The molecule has 2 rings (SSSR count). The summed E-state index contributed by atoms with van der Waals surface area (Å²) in [6.07, 6.45) is 0. The predicted octanol–water partition coefficient (Wildman–Crippen LogP) is 4.50. The molecule has 7 heteroatoms. The Morgan fingerprint density at radius 2 is 1.79 bits per heavy atom. The van der Waals surface area contributed by atoms with E-state index >= 15 is 0 Å². The number of aromatic nitrogens is 2. The average molecular weight is 319 g/mol. The smallest absolute Gasteiger partial charge is 0.175 e. The number of methoxy groups -OCH3 is 1. The fourth-order valence-electron chi connectivity index (χ4n) is 1.52. The van der Waals surface area contributed by atoms with Crippen molar-refractivity contribution in [3.05, 3.63) is 39.1 Å². The van der Waals surface area contributed by atoms with Crippen molar-refractivity contribution in [3.63, 3.8) is 0 Å². The zero-order valence-electron chi connectivity index (χ0n) is 10.2. The molecular weight excluding hydrogens is 309 g/mol. The van der Waals surface area contributed by atoms with Gasteiger partial charge in [-0.3, -0.25) is 0 Å². The summed E-state index contributed by atoms with van der Waals surface area (Å²) in [7, 11) is 1.56. The quantitative estimate of drug-likeness (QED) is 0.905. The van der Waals surface area contributed by atoms with E-state index in [9.17, 15) is 0 Å². The molecule has 1 aromatic carbocycles. The molecule has 0 saturated heterocycles. The largest absolute Gasteiger partial charge is 0.495 e. The van der Waals surface area contributed by atoms with Gasteiger partial charge in [-0.15, -0.1) is 10.2 Å². The lowest BCUT2D eigenvalue weighted by atomic mass is 10.2. The molecule has 0 unspecified atom stereocenters. The molecule has 0 radical (unpaired) electrons. The maximum Gasteiger partial charge on any atom is 0.175 e. The van der Waals surface area contributed by atoms with Crippen molar-refractivity contribution >= 4 is 46.2 Å². The Kier molecular flexibility index (Phi) is 4.34. The molecule has 0 atom stereocenters. The molecule has 0 spiro atoms. The number of benzene rings is 1. The third kappa shape index (κ3) is 3.21. The molecule has 4 nitrogen and oxygen atoms in total. The van der Waals surface area contributed by atoms with Crippen LogP contribution in [0.1, 0.15) is 5.56 Å². The first-order valence-corrected chi connectivity index (χ1v) is 6.44. The standard InChI is InChI=1S/C12H10Cl3N3O/c1-6-3-8(10(19-2)4-7(6)13)16-9-5-11(14)17-18-12(9)15/h3-5H,1-2H3,(H,16,17). The number of nitrogens with one attached hydrogen (secondary N) is 1. The van der Waals surface area contributed by atoms with Crippen LogP contribution in [0.4, 0.5) is 11.4 Å². The van der Waals surface area contributed by atoms with Crippen LogP contribution in [0.2, 0.25) is 15.3 Å². The van der Waals surface area contributed by atoms with Gasteiger partial charge in [-0.2, -0.15) is 0 Å². The van der Waals surface area contributed by atoms with E-state index in [4.69, 9.17) is 39.5 Å². The zero-order valence-corrected chi connectivity index (χ0v) is 12.4. The first-order valence-electron chi connectivity index (χ1n) is 5.31. The monoisotopic (exact) mass is 317 g/mol. The van der Waals surface area contributed by atoms with Gasteiger partial charge in [-0.05, 0) is 18.6 Å². The van der Waals surface area contributed by atoms with E-state index in [0.717, 1.165) is 11.3 Å². The Morgan fingerprint density at radius 1 is 1.05 bits per heavy atom. The van der Waals surface area contributed by atoms with Crippen LogP contribution in [0.25, 0.3) is 0 Å². The lowest BCUT2D eigenvalue weighted by Gasteiger charge is -2.13. The summed E-state index contributed by atoms with van der Waals surface area (Å²) in [4.78, 5) is 0. The van der Waals surface area contributed by atoms with Gasteiger partial charge >= 0.3 is 0 Å². The Labute approximate surface area is 125 Å². The number of aryl methyl sites for hydroxylation is 1. The zero-order chi connectivity index (χ0) is 14.0. The Morgan fingerprint density at radius 3 is 2.47 bits per heavy atom. The highest BCUT2D eigenvalue weighted by Crippen LogP contribution is 2.34. The van der Waals surface area contributed by atoms with Crippen molar-refractivity contribution in [3.8, 4) is 5.75 Å². The van der Waals surface area contributed by atoms with Gasteiger partial charge in [0.15, 0.2) is 10.3 Å². The maximum atomic E-state index is 6.05. The van der Waals surface area contributed by atoms with Crippen molar-refractivity contribution in [1.82, 2.24) is 10.2 Å². The number of nitrogens with zero attached hydrogens (tertiary/aromatic N) is 2. The summed E-state index contributed by atoms with van der Waals surface area (Å²) in [5.41, 5.74) is 2.17. The lowest BCUT2D eigenvalue weighted by Crippen LogP contribution is -1.98. The van der Waals surface area contributed by atoms with Gasteiger partial charge < -0.3 is 10.1 Å². The highest BCUT2D eigenvalue weighted by molar-refractivity contribution is 6.33. The molecule has 1 N–H and O–H groups in total.